The molecule has 0 unspecified atom stereocenters. The molecule has 1 aromatic rings. The average Bonchev–Trinajstić information content (AvgIpc) is 2.50. The van der Waals surface area contributed by atoms with Gasteiger partial charge in [0.1, 0.15) is 5.69 Å². The summed E-state index contributed by atoms with van der Waals surface area (Å²) < 4.78 is 0. The highest BCUT2D eigenvalue weighted by molar-refractivity contribution is 5.85. The highest BCUT2D eigenvalue weighted by Crippen LogP contribution is 2.29. The molecule has 0 aromatic heterocycles. The maximum Gasteiger partial charge on any atom is 0.301 e. The lowest BCUT2D eigenvalue weighted by molar-refractivity contribution is -0.393. The van der Waals surface area contributed by atoms with Crippen molar-refractivity contribution in [3.63, 3.8) is 0 Å². The molecule has 0 aliphatic rings. The summed E-state index contributed by atoms with van der Waals surface area (Å²) in [6, 6.07) is 3.44. The van der Waals surface area contributed by atoms with Crippen molar-refractivity contribution in [3.05, 3.63) is 38.4 Å². The molecule has 8 nitrogen and oxygen atoms in total. The molecule has 1 rings (SSSR count). The second-order valence-corrected chi connectivity index (χ2v) is 5.08. The highest BCUT2D eigenvalue weighted by Gasteiger charge is 2.19. The van der Waals surface area contributed by atoms with Gasteiger partial charge < -0.3 is 0 Å². The van der Waals surface area contributed by atoms with Crippen molar-refractivity contribution in [2.45, 2.75) is 40.0 Å². The molecule has 0 aliphatic carbocycles. The molecule has 8 heteroatoms. The molecule has 0 radical (unpaired) electrons. The van der Waals surface area contributed by atoms with Gasteiger partial charge in [0.25, 0.3) is 5.69 Å². The van der Waals surface area contributed by atoms with E-state index >= 15 is 0 Å². The van der Waals surface area contributed by atoms with Crippen LogP contribution in [-0.4, -0.2) is 15.6 Å². The SMILES string of the molecule is CC/C(C[C@@H](C)CC)=N\Nc1ccc([N+](=O)[O-])cc1[N+](=O)[O-]. The van der Waals surface area contributed by atoms with Gasteiger partial charge >= 0.3 is 5.69 Å². The van der Waals surface area contributed by atoms with Crippen LogP contribution in [0.5, 0.6) is 0 Å². The first-order valence-electron chi connectivity index (χ1n) is 7.13. The third-order valence-corrected chi connectivity index (χ3v) is 3.41. The van der Waals surface area contributed by atoms with Crippen LogP contribution in [0.4, 0.5) is 17.1 Å². The van der Waals surface area contributed by atoms with Crippen molar-refractivity contribution in [3.8, 4) is 0 Å². The normalized spacial score (nSPS) is 12.8. The highest BCUT2D eigenvalue weighted by atomic mass is 16.6. The van der Waals surface area contributed by atoms with Gasteiger partial charge in [0.05, 0.1) is 15.9 Å². The zero-order valence-corrected chi connectivity index (χ0v) is 12.9. The quantitative estimate of drug-likeness (QED) is 0.441. The molecule has 0 heterocycles. The molecule has 1 N–H and O–H groups in total. The van der Waals surface area contributed by atoms with Crippen LogP contribution in [0.15, 0.2) is 23.3 Å². The largest absolute Gasteiger partial charge is 0.301 e. The first kappa shape index (κ1) is 17.5. The number of nitro groups is 2. The van der Waals surface area contributed by atoms with Crippen molar-refractivity contribution in [1.29, 1.82) is 0 Å². The van der Waals surface area contributed by atoms with Crippen molar-refractivity contribution >= 4 is 22.8 Å². The lowest BCUT2D eigenvalue weighted by Gasteiger charge is -2.10. The van der Waals surface area contributed by atoms with Crippen LogP contribution in [-0.2, 0) is 0 Å². The Morgan fingerprint density at radius 1 is 1.27 bits per heavy atom. The molecule has 0 saturated heterocycles. The summed E-state index contributed by atoms with van der Waals surface area (Å²) in [5.74, 6) is 0.479. The van der Waals surface area contributed by atoms with E-state index in [2.05, 4.69) is 24.4 Å². The summed E-state index contributed by atoms with van der Waals surface area (Å²) in [6.45, 7) is 6.17. The molecule has 22 heavy (non-hydrogen) atoms. The maximum absolute atomic E-state index is 11.0. The van der Waals surface area contributed by atoms with Crippen molar-refractivity contribution in [2.75, 3.05) is 5.43 Å². The van der Waals surface area contributed by atoms with Crippen LogP contribution in [0, 0.1) is 26.1 Å². The number of hydrazone groups is 1. The molecule has 1 aromatic carbocycles. The average molecular weight is 308 g/mol. The lowest BCUT2D eigenvalue weighted by Crippen LogP contribution is -2.07. The Balaban J connectivity index is 3.01. The summed E-state index contributed by atoms with van der Waals surface area (Å²) in [7, 11) is 0. The standard InChI is InChI=1S/C14H20N4O4/c1-4-10(3)8-11(5-2)15-16-13-7-6-12(17(19)20)9-14(13)18(21)22/h6-7,9-10,16H,4-5,8H2,1-3H3/b15-11+/t10-/m0/s1. The lowest BCUT2D eigenvalue weighted by atomic mass is 10.0. The van der Waals surface area contributed by atoms with E-state index in [0.29, 0.717) is 5.92 Å². The molecule has 0 bridgehead atoms. The third-order valence-electron chi connectivity index (χ3n) is 3.41. The van der Waals surface area contributed by atoms with Gasteiger partial charge in [-0.3, -0.25) is 25.7 Å². The van der Waals surface area contributed by atoms with Gasteiger partial charge in [-0.15, -0.1) is 0 Å². The smallest absolute Gasteiger partial charge is 0.272 e. The van der Waals surface area contributed by atoms with E-state index in [1.807, 2.05) is 6.92 Å². The zero-order valence-electron chi connectivity index (χ0n) is 12.9. The van der Waals surface area contributed by atoms with Gasteiger partial charge in [-0.1, -0.05) is 27.2 Å². The predicted octanol–water partition coefficient (Wildman–Crippen LogP) is 4.12. The van der Waals surface area contributed by atoms with Crippen molar-refractivity contribution in [1.82, 2.24) is 0 Å². The Morgan fingerprint density at radius 2 is 1.95 bits per heavy atom. The summed E-state index contributed by atoms with van der Waals surface area (Å²) in [6.07, 6.45) is 2.57. The van der Waals surface area contributed by atoms with Gasteiger partial charge in [-0.05, 0) is 24.8 Å². The van der Waals surface area contributed by atoms with Gasteiger partial charge in [0.2, 0.25) is 0 Å². The van der Waals surface area contributed by atoms with Crippen molar-refractivity contribution in [2.24, 2.45) is 11.0 Å². The second kappa shape index (κ2) is 8.06. The number of hydrogen-bond donors (Lipinski definition) is 1. The van der Waals surface area contributed by atoms with Crippen molar-refractivity contribution < 1.29 is 9.85 Å². The molecular weight excluding hydrogens is 288 g/mol. The van der Waals surface area contributed by atoms with Crippen LogP contribution < -0.4 is 5.43 Å². The van der Waals surface area contributed by atoms with E-state index in [1.165, 1.54) is 12.1 Å². The Bertz CT molecular complexity index is 586. The maximum atomic E-state index is 11.0. The number of nitro benzene ring substituents is 2. The number of nitrogens with one attached hydrogen (secondary N) is 1. The molecule has 0 fully saturated rings. The molecule has 0 spiro atoms. The van der Waals surface area contributed by atoms with Crippen LogP contribution >= 0.6 is 0 Å². The number of non-ortho nitro benzene ring substituents is 1. The van der Waals surface area contributed by atoms with E-state index in [-0.39, 0.29) is 17.1 Å². The molecule has 120 valence electrons. The fraction of sp³-hybridized carbons (Fsp3) is 0.500. The number of nitrogens with zero attached hydrogens (tertiary/aromatic N) is 3. The number of benzene rings is 1. The topological polar surface area (TPSA) is 111 Å². The summed E-state index contributed by atoms with van der Waals surface area (Å²) in [5, 5.41) is 25.9. The predicted molar refractivity (Wildman–Crippen MR) is 85.2 cm³/mol. The minimum atomic E-state index is -0.666. The zero-order chi connectivity index (χ0) is 16.7. The fourth-order valence-corrected chi connectivity index (χ4v) is 1.83. The fourth-order valence-electron chi connectivity index (χ4n) is 1.83. The van der Waals surface area contributed by atoms with Gasteiger partial charge in [0.15, 0.2) is 0 Å². The van der Waals surface area contributed by atoms with Crippen LogP contribution in [0.1, 0.15) is 40.0 Å². The van der Waals surface area contributed by atoms with Crippen LogP contribution in [0.3, 0.4) is 0 Å². The minimum Gasteiger partial charge on any atom is -0.272 e. The van der Waals surface area contributed by atoms with Gasteiger partial charge in [0, 0.05) is 11.8 Å². The van der Waals surface area contributed by atoms with E-state index in [1.54, 1.807) is 0 Å². The van der Waals surface area contributed by atoms with E-state index in [9.17, 15) is 20.2 Å². The van der Waals surface area contributed by atoms with E-state index < -0.39 is 9.85 Å². The molecule has 0 saturated carbocycles. The number of hydrogen-bond acceptors (Lipinski definition) is 6. The Hall–Kier alpha value is -2.51. The Morgan fingerprint density at radius 3 is 2.45 bits per heavy atom. The van der Waals surface area contributed by atoms with E-state index in [4.69, 9.17) is 0 Å². The summed E-state index contributed by atoms with van der Waals surface area (Å²) in [4.78, 5) is 20.4. The summed E-state index contributed by atoms with van der Waals surface area (Å²) in [5.41, 5.74) is 3.03. The molecule has 0 amide bonds. The van der Waals surface area contributed by atoms with Gasteiger partial charge in [-0.25, -0.2) is 0 Å². The number of rotatable bonds is 8. The second-order valence-electron chi connectivity index (χ2n) is 5.08. The summed E-state index contributed by atoms with van der Waals surface area (Å²) >= 11 is 0. The van der Waals surface area contributed by atoms with E-state index in [0.717, 1.165) is 31.0 Å². The molecule has 0 aliphatic heterocycles. The minimum absolute atomic E-state index is 0.144. The Kier molecular flexibility index (Phi) is 6.43. The third kappa shape index (κ3) is 4.80. The van der Waals surface area contributed by atoms with Gasteiger partial charge in [-0.2, -0.15) is 5.10 Å². The van der Waals surface area contributed by atoms with Crippen LogP contribution in [0.2, 0.25) is 0 Å². The number of anilines is 1. The Labute approximate surface area is 128 Å². The molecule has 1 atom stereocenters. The molecular formula is C14H20N4O4. The first-order valence-corrected chi connectivity index (χ1v) is 7.13. The monoisotopic (exact) mass is 308 g/mol. The first-order chi connectivity index (χ1) is 10.4. The van der Waals surface area contributed by atoms with Crippen LogP contribution in [0.25, 0.3) is 0 Å².